The van der Waals surface area contributed by atoms with Crippen LogP contribution in [0.4, 0.5) is 5.69 Å². The number of ketones is 2. The molecule has 1 aliphatic carbocycles. The number of nitrogens with one attached hydrogen (secondary N) is 1. The first-order valence-corrected chi connectivity index (χ1v) is 6.17. The fourth-order valence-electron chi connectivity index (χ4n) is 2.50. The summed E-state index contributed by atoms with van der Waals surface area (Å²) in [5, 5.41) is 2.98. The van der Waals surface area contributed by atoms with Crippen LogP contribution in [0.25, 0.3) is 0 Å². The van der Waals surface area contributed by atoms with Gasteiger partial charge in [-0.3, -0.25) is 9.59 Å². The molecule has 19 heavy (non-hydrogen) atoms. The minimum atomic E-state index is -0.677. The van der Waals surface area contributed by atoms with Gasteiger partial charge in [-0.15, -0.1) is 0 Å². The summed E-state index contributed by atoms with van der Waals surface area (Å²) in [6.45, 7) is 0. The van der Waals surface area contributed by atoms with Gasteiger partial charge in [-0.05, 0) is 23.8 Å². The summed E-state index contributed by atoms with van der Waals surface area (Å²) in [7, 11) is 1.79. The van der Waals surface area contributed by atoms with Gasteiger partial charge in [0.25, 0.3) is 0 Å². The highest BCUT2D eigenvalue weighted by atomic mass is 16.2. The maximum Gasteiger partial charge on any atom is 0.178 e. The molecule has 0 bridgehead atoms. The van der Waals surface area contributed by atoms with Crippen molar-refractivity contribution in [3.63, 3.8) is 0 Å². The SMILES string of the molecule is CNc1ccc2c(c1)C(=O)C(c1ccccc1)C2=O. The Morgan fingerprint density at radius 3 is 2.26 bits per heavy atom. The Balaban J connectivity index is 2.10. The number of anilines is 1. The fraction of sp³-hybridized carbons (Fsp3) is 0.125. The van der Waals surface area contributed by atoms with Crippen LogP contribution in [0.1, 0.15) is 32.2 Å². The monoisotopic (exact) mass is 251 g/mol. The van der Waals surface area contributed by atoms with Crippen molar-refractivity contribution in [2.24, 2.45) is 0 Å². The van der Waals surface area contributed by atoms with Gasteiger partial charge in [0.15, 0.2) is 11.6 Å². The molecule has 2 aromatic rings. The Morgan fingerprint density at radius 1 is 0.895 bits per heavy atom. The summed E-state index contributed by atoms with van der Waals surface area (Å²) in [5.74, 6) is -0.888. The third-order valence-electron chi connectivity index (χ3n) is 3.50. The van der Waals surface area contributed by atoms with E-state index in [9.17, 15) is 9.59 Å². The summed E-state index contributed by atoms with van der Waals surface area (Å²) >= 11 is 0. The molecule has 0 aromatic heterocycles. The molecule has 0 fully saturated rings. The number of rotatable bonds is 2. The number of carbonyl (C=O) groups excluding carboxylic acids is 2. The van der Waals surface area contributed by atoms with Crippen LogP contribution in [0.2, 0.25) is 0 Å². The van der Waals surface area contributed by atoms with E-state index in [1.165, 1.54) is 0 Å². The summed E-state index contributed by atoms with van der Waals surface area (Å²) in [4.78, 5) is 24.8. The molecular formula is C16H13NO2. The van der Waals surface area contributed by atoms with E-state index in [-0.39, 0.29) is 11.6 Å². The maximum absolute atomic E-state index is 12.4. The molecule has 0 radical (unpaired) electrons. The molecule has 1 N–H and O–H groups in total. The van der Waals surface area contributed by atoms with E-state index < -0.39 is 5.92 Å². The molecule has 1 unspecified atom stereocenters. The van der Waals surface area contributed by atoms with Gasteiger partial charge >= 0.3 is 0 Å². The summed E-state index contributed by atoms with van der Waals surface area (Å²) < 4.78 is 0. The lowest BCUT2D eigenvalue weighted by atomic mass is 9.94. The van der Waals surface area contributed by atoms with E-state index in [0.717, 1.165) is 11.3 Å². The minimum absolute atomic E-state index is 0.103. The highest BCUT2D eigenvalue weighted by Crippen LogP contribution is 2.35. The van der Waals surface area contributed by atoms with Crippen LogP contribution in [0, 0.1) is 0 Å². The molecule has 0 spiro atoms. The Hall–Kier alpha value is -2.42. The molecular weight excluding hydrogens is 238 g/mol. The van der Waals surface area contributed by atoms with Gasteiger partial charge in [-0.1, -0.05) is 30.3 Å². The molecule has 1 aliphatic rings. The molecule has 94 valence electrons. The predicted molar refractivity (Wildman–Crippen MR) is 73.8 cm³/mol. The molecule has 3 heteroatoms. The van der Waals surface area contributed by atoms with Gasteiger partial charge < -0.3 is 5.32 Å². The van der Waals surface area contributed by atoms with Crippen LogP contribution in [0.5, 0.6) is 0 Å². The first-order valence-electron chi connectivity index (χ1n) is 6.17. The molecule has 0 saturated carbocycles. The van der Waals surface area contributed by atoms with Crippen LogP contribution < -0.4 is 5.32 Å². The number of carbonyl (C=O) groups is 2. The quantitative estimate of drug-likeness (QED) is 0.835. The second-order valence-electron chi connectivity index (χ2n) is 4.58. The predicted octanol–water partition coefficient (Wildman–Crippen LogP) is 2.89. The number of benzene rings is 2. The fourth-order valence-corrected chi connectivity index (χ4v) is 2.50. The number of hydrogen-bond acceptors (Lipinski definition) is 3. The van der Waals surface area contributed by atoms with Crippen molar-refractivity contribution < 1.29 is 9.59 Å². The van der Waals surface area contributed by atoms with Crippen LogP contribution in [0.3, 0.4) is 0 Å². The van der Waals surface area contributed by atoms with Crippen molar-refractivity contribution in [2.75, 3.05) is 12.4 Å². The van der Waals surface area contributed by atoms with Crippen molar-refractivity contribution in [1.82, 2.24) is 0 Å². The van der Waals surface area contributed by atoms with Gasteiger partial charge in [0, 0.05) is 23.9 Å². The molecule has 0 saturated heterocycles. The molecule has 0 aliphatic heterocycles. The minimum Gasteiger partial charge on any atom is -0.388 e. The van der Waals surface area contributed by atoms with Crippen molar-refractivity contribution in [3.8, 4) is 0 Å². The summed E-state index contributed by atoms with van der Waals surface area (Å²) in [5.41, 5.74) is 2.65. The average Bonchev–Trinajstić information content (AvgIpc) is 2.71. The smallest absolute Gasteiger partial charge is 0.178 e. The topological polar surface area (TPSA) is 46.2 Å². The highest BCUT2D eigenvalue weighted by Gasteiger charge is 2.39. The normalized spacial score (nSPS) is 17.4. The van der Waals surface area contributed by atoms with E-state index in [0.29, 0.717) is 11.1 Å². The Bertz CT molecular complexity index is 662. The maximum atomic E-state index is 12.4. The molecule has 3 nitrogen and oxygen atoms in total. The Kier molecular flexibility index (Phi) is 2.67. The van der Waals surface area contributed by atoms with Gasteiger partial charge in [-0.25, -0.2) is 0 Å². The molecule has 0 amide bonds. The molecule has 3 rings (SSSR count). The van der Waals surface area contributed by atoms with Crippen molar-refractivity contribution >= 4 is 17.3 Å². The average molecular weight is 251 g/mol. The van der Waals surface area contributed by atoms with Gasteiger partial charge in [0.05, 0.1) is 0 Å². The van der Waals surface area contributed by atoms with Crippen LogP contribution in [-0.4, -0.2) is 18.6 Å². The van der Waals surface area contributed by atoms with E-state index in [4.69, 9.17) is 0 Å². The third kappa shape index (κ3) is 1.74. The number of hydrogen-bond donors (Lipinski definition) is 1. The number of Topliss-reactive ketones (excluding diaryl/α,β-unsaturated/α-hetero) is 2. The van der Waals surface area contributed by atoms with Crippen molar-refractivity contribution in [1.29, 1.82) is 0 Å². The zero-order valence-electron chi connectivity index (χ0n) is 10.5. The molecule has 1 atom stereocenters. The van der Waals surface area contributed by atoms with Gasteiger partial charge in [0.1, 0.15) is 5.92 Å². The van der Waals surface area contributed by atoms with Crippen LogP contribution in [-0.2, 0) is 0 Å². The summed E-state index contributed by atoms with van der Waals surface area (Å²) in [6.07, 6.45) is 0. The second kappa shape index (κ2) is 4.35. The molecule has 2 aromatic carbocycles. The van der Waals surface area contributed by atoms with Crippen molar-refractivity contribution in [2.45, 2.75) is 5.92 Å². The zero-order valence-corrected chi connectivity index (χ0v) is 10.5. The lowest BCUT2D eigenvalue weighted by Crippen LogP contribution is -2.12. The van der Waals surface area contributed by atoms with E-state index in [1.54, 1.807) is 19.2 Å². The third-order valence-corrected chi connectivity index (χ3v) is 3.50. The first-order chi connectivity index (χ1) is 9.22. The largest absolute Gasteiger partial charge is 0.388 e. The Labute approximate surface area is 111 Å². The van der Waals surface area contributed by atoms with E-state index >= 15 is 0 Å². The van der Waals surface area contributed by atoms with Crippen molar-refractivity contribution in [3.05, 3.63) is 65.2 Å². The van der Waals surface area contributed by atoms with Gasteiger partial charge in [-0.2, -0.15) is 0 Å². The highest BCUT2D eigenvalue weighted by molar-refractivity contribution is 6.30. The molecule has 0 heterocycles. The lowest BCUT2D eigenvalue weighted by molar-refractivity contribution is 0.0890. The summed E-state index contributed by atoms with van der Waals surface area (Å²) in [6, 6.07) is 14.5. The second-order valence-corrected chi connectivity index (χ2v) is 4.58. The first kappa shape index (κ1) is 11.7. The standard InChI is InChI=1S/C16H13NO2/c1-17-11-7-8-12-13(9-11)16(19)14(15(12)18)10-5-3-2-4-6-10/h2-9,14,17H,1H3. The van der Waals surface area contributed by atoms with E-state index in [2.05, 4.69) is 5.32 Å². The van der Waals surface area contributed by atoms with Gasteiger partial charge in [0.2, 0.25) is 0 Å². The zero-order chi connectivity index (χ0) is 13.4. The van der Waals surface area contributed by atoms with E-state index in [1.807, 2.05) is 36.4 Å². The lowest BCUT2D eigenvalue weighted by Gasteiger charge is -2.06. The van der Waals surface area contributed by atoms with Crippen LogP contribution >= 0.6 is 0 Å². The Morgan fingerprint density at radius 2 is 1.58 bits per heavy atom. The van der Waals surface area contributed by atoms with Crippen LogP contribution in [0.15, 0.2) is 48.5 Å². The number of fused-ring (bicyclic) bond motifs is 1.